The molecule has 1 aromatic carbocycles. The lowest BCUT2D eigenvalue weighted by molar-refractivity contribution is -0.660. The van der Waals surface area contributed by atoms with Gasteiger partial charge in [-0.25, -0.2) is 4.57 Å². The lowest BCUT2D eigenvalue weighted by Crippen LogP contribution is -2.31. The molecule has 0 unspecified atom stereocenters. The van der Waals surface area contributed by atoms with Crippen LogP contribution < -0.4 is 4.57 Å². The molecule has 0 atom stereocenters. The van der Waals surface area contributed by atoms with Crippen LogP contribution in [0.5, 0.6) is 0 Å². The van der Waals surface area contributed by atoms with Crippen molar-refractivity contribution in [3.8, 4) is 11.3 Å². The van der Waals surface area contributed by atoms with E-state index < -0.39 is 11.8 Å². The third kappa shape index (κ3) is 2.92. The molecule has 0 saturated carbocycles. The molecular formula is C19H26N+. The molecule has 1 heteroatoms. The summed E-state index contributed by atoms with van der Waals surface area (Å²) in [7, 11) is 2.02. The van der Waals surface area contributed by atoms with E-state index in [2.05, 4.69) is 29.7 Å². The van der Waals surface area contributed by atoms with Gasteiger partial charge in [0.15, 0.2) is 6.20 Å². The maximum absolute atomic E-state index is 8.16. The van der Waals surface area contributed by atoms with Gasteiger partial charge in [-0.05, 0) is 42.0 Å². The summed E-state index contributed by atoms with van der Waals surface area (Å²) in [5, 5.41) is 0. The number of rotatable bonds is 3. The van der Waals surface area contributed by atoms with Crippen molar-refractivity contribution in [2.45, 2.75) is 46.4 Å². The summed E-state index contributed by atoms with van der Waals surface area (Å²) in [6.07, 6.45) is 2.03. The average Bonchev–Trinajstić information content (AvgIpc) is 2.37. The number of aromatic nitrogens is 1. The summed E-state index contributed by atoms with van der Waals surface area (Å²) in [5.41, 5.74) is 5.50. The smallest absolute Gasteiger partial charge is 0.201 e. The Hall–Kier alpha value is -1.63. The van der Waals surface area contributed by atoms with Gasteiger partial charge in [-0.2, -0.15) is 0 Å². The summed E-state index contributed by atoms with van der Waals surface area (Å²) in [5.74, 6) is -1.17. The molecule has 1 aromatic heterocycles. The first-order chi connectivity index (χ1) is 10.00. The van der Waals surface area contributed by atoms with Crippen LogP contribution in [0.4, 0.5) is 0 Å². The molecule has 0 aliphatic heterocycles. The Balaban J connectivity index is 2.49. The second kappa shape index (κ2) is 5.78. The molecule has 0 fully saturated rings. The van der Waals surface area contributed by atoms with E-state index in [1.165, 1.54) is 11.1 Å². The van der Waals surface area contributed by atoms with Gasteiger partial charge in [-0.15, -0.1) is 0 Å². The third-order valence-corrected chi connectivity index (χ3v) is 3.79. The molecule has 106 valence electrons. The van der Waals surface area contributed by atoms with E-state index in [4.69, 9.17) is 2.74 Å². The zero-order chi connectivity index (χ0) is 16.7. The van der Waals surface area contributed by atoms with E-state index in [1.54, 1.807) is 0 Å². The Morgan fingerprint density at radius 3 is 2.05 bits per heavy atom. The van der Waals surface area contributed by atoms with Gasteiger partial charge in [0.25, 0.3) is 0 Å². The van der Waals surface area contributed by atoms with E-state index in [0.29, 0.717) is 0 Å². The summed E-state index contributed by atoms with van der Waals surface area (Å²) < 4.78 is 18.4. The van der Waals surface area contributed by atoms with E-state index >= 15 is 0 Å². The van der Waals surface area contributed by atoms with Crippen LogP contribution in [0.2, 0.25) is 0 Å². The summed E-state index contributed by atoms with van der Waals surface area (Å²) in [6.45, 7) is 9.71. The SMILES string of the molecule is [2H]C(C)(C)c1ccc(-c2ccc(C([2H])(C)C)c[n+]2C)c(C)c1. The highest BCUT2D eigenvalue weighted by molar-refractivity contribution is 5.61. The number of pyridine rings is 1. The minimum atomic E-state index is -0.593. The minimum Gasteiger partial charge on any atom is -0.201 e. The lowest BCUT2D eigenvalue weighted by atomic mass is 9.95. The molecule has 0 N–H and O–H groups in total. The van der Waals surface area contributed by atoms with Crippen molar-refractivity contribution in [3.63, 3.8) is 0 Å². The van der Waals surface area contributed by atoms with Gasteiger partial charge < -0.3 is 0 Å². The van der Waals surface area contributed by atoms with Crippen LogP contribution in [0.3, 0.4) is 0 Å². The van der Waals surface area contributed by atoms with Crippen LogP contribution in [0, 0.1) is 6.92 Å². The standard InChI is InChI=1S/C19H26N/c1-13(2)16-7-9-18(15(5)11-16)19-10-8-17(14(3)4)12-20(19)6/h7-14H,1-6H3/q+1/i13D,14D. The molecular weight excluding hydrogens is 242 g/mol. The largest absolute Gasteiger partial charge is 0.212 e. The van der Waals surface area contributed by atoms with E-state index in [9.17, 15) is 0 Å². The Labute approximate surface area is 126 Å². The maximum Gasteiger partial charge on any atom is 0.212 e. The van der Waals surface area contributed by atoms with Gasteiger partial charge >= 0.3 is 0 Å². The third-order valence-electron chi connectivity index (χ3n) is 3.79. The van der Waals surface area contributed by atoms with Crippen LogP contribution >= 0.6 is 0 Å². The van der Waals surface area contributed by atoms with Crippen molar-refractivity contribution in [1.29, 1.82) is 0 Å². The van der Waals surface area contributed by atoms with Crippen molar-refractivity contribution < 1.29 is 7.31 Å². The van der Waals surface area contributed by atoms with E-state index in [-0.39, 0.29) is 0 Å². The van der Waals surface area contributed by atoms with Crippen LogP contribution in [0.25, 0.3) is 11.3 Å². The number of nitrogens with zero attached hydrogens (tertiary/aromatic N) is 1. The second-order valence-electron chi connectivity index (χ2n) is 5.94. The van der Waals surface area contributed by atoms with Crippen LogP contribution in [-0.2, 0) is 7.05 Å². The predicted octanol–water partition coefficient (Wildman–Crippen LogP) is 4.73. The summed E-state index contributed by atoms with van der Waals surface area (Å²) >= 11 is 0. The number of hydrogen-bond acceptors (Lipinski definition) is 0. The van der Waals surface area contributed by atoms with Crippen LogP contribution in [-0.4, -0.2) is 0 Å². The van der Waals surface area contributed by atoms with Crippen molar-refractivity contribution >= 4 is 0 Å². The maximum atomic E-state index is 8.16. The highest BCUT2D eigenvalue weighted by Crippen LogP contribution is 2.25. The number of aryl methyl sites for hydroxylation is 2. The average molecular weight is 270 g/mol. The van der Waals surface area contributed by atoms with Crippen LogP contribution in [0.1, 0.15) is 58.9 Å². The Morgan fingerprint density at radius 2 is 1.55 bits per heavy atom. The molecule has 0 aliphatic rings. The van der Waals surface area contributed by atoms with Crippen molar-refractivity contribution in [2.75, 3.05) is 0 Å². The topological polar surface area (TPSA) is 3.88 Å². The highest BCUT2D eigenvalue weighted by atomic mass is 14.9. The van der Waals surface area contributed by atoms with E-state index in [0.717, 1.165) is 16.8 Å². The summed E-state index contributed by atoms with van der Waals surface area (Å²) in [6, 6.07) is 10.4. The second-order valence-corrected chi connectivity index (χ2v) is 5.94. The first-order valence-electron chi connectivity index (χ1n) is 8.12. The molecule has 0 amide bonds. The molecule has 0 spiro atoms. The summed E-state index contributed by atoms with van der Waals surface area (Å²) in [4.78, 5) is 0. The number of benzene rings is 1. The van der Waals surface area contributed by atoms with Crippen molar-refractivity contribution in [2.24, 2.45) is 7.05 Å². The quantitative estimate of drug-likeness (QED) is 0.710. The molecule has 20 heavy (non-hydrogen) atoms. The molecule has 1 nitrogen and oxygen atoms in total. The number of hydrogen-bond donors (Lipinski definition) is 0. The molecule has 0 bridgehead atoms. The fraction of sp³-hybridized carbons (Fsp3) is 0.421. The molecule has 0 radical (unpaired) electrons. The Kier molecular flexibility index (Phi) is 3.51. The van der Waals surface area contributed by atoms with Crippen LogP contribution in [0.15, 0.2) is 36.5 Å². The fourth-order valence-corrected chi connectivity index (χ4v) is 2.45. The first kappa shape index (κ1) is 12.1. The monoisotopic (exact) mass is 270 g/mol. The molecule has 1 heterocycles. The zero-order valence-electron chi connectivity index (χ0n) is 15.4. The van der Waals surface area contributed by atoms with Gasteiger partial charge in [-0.3, -0.25) is 0 Å². The zero-order valence-corrected chi connectivity index (χ0v) is 13.4. The predicted molar refractivity (Wildman–Crippen MR) is 86.0 cm³/mol. The fourth-order valence-electron chi connectivity index (χ4n) is 2.45. The van der Waals surface area contributed by atoms with Gasteiger partial charge in [-0.1, -0.05) is 39.8 Å². The molecule has 2 aromatic rings. The lowest BCUT2D eigenvalue weighted by Gasteiger charge is -2.11. The normalized spacial score (nSPS) is 13.9. The van der Waals surface area contributed by atoms with Crippen molar-refractivity contribution in [1.82, 2.24) is 0 Å². The molecule has 0 aliphatic carbocycles. The minimum absolute atomic E-state index is 0.579. The first-order valence-corrected chi connectivity index (χ1v) is 7.12. The van der Waals surface area contributed by atoms with E-state index in [1.807, 2.05) is 53.1 Å². The van der Waals surface area contributed by atoms with Gasteiger partial charge in [0.2, 0.25) is 5.69 Å². The Morgan fingerprint density at radius 1 is 0.950 bits per heavy atom. The van der Waals surface area contributed by atoms with Gasteiger partial charge in [0.1, 0.15) is 7.05 Å². The molecule has 0 saturated heterocycles. The van der Waals surface area contributed by atoms with Gasteiger partial charge in [0.05, 0.1) is 0 Å². The Bertz CT molecular complexity index is 630. The van der Waals surface area contributed by atoms with Crippen molar-refractivity contribution in [3.05, 3.63) is 53.2 Å². The molecule has 2 rings (SSSR count). The van der Waals surface area contributed by atoms with Gasteiger partial charge in [0, 0.05) is 19.9 Å². The highest BCUT2D eigenvalue weighted by Gasteiger charge is 2.14.